The SMILES string of the molecule is CCc1c(N)nc2ccccc2c1CC. The molecule has 2 heteroatoms. The molecule has 0 fully saturated rings. The fraction of sp³-hybridized carbons (Fsp3) is 0.308. The van der Waals surface area contributed by atoms with E-state index in [9.17, 15) is 0 Å². The Kier molecular flexibility index (Phi) is 2.58. The molecule has 1 heterocycles. The van der Waals surface area contributed by atoms with Crippen LogP contribution in [0.5, 0.6) is 0 Å². The summed E-state index contributed by atoms with van der Waals surface area (Å²) in [6, 6.07) is 8.20. The first kappa shape index (κ1) is 9.97. The number of nitrogen functional groups attached to an aromatic ring is 1. The third-order valence-corrected chi connectivity index (χ3v) is 2.85. The van der Waals surface area contributed by atoms with Gasteiger partial charge in [-0.15, -0.1) is 0 Å². The van der Waals surface area contributed by atoms with E-state index < -0.39 is 0 Å². The largest absolute Gasteiger partial charge is 0.383 e. The van der Waals surface area contributed by atoms with Crippen LogP contribution >= 0.6 is 0 Å². The summed E-state index contributed by atoms with van der Waals surface area (Å²) in [5, 5.41) is 1.24. The van der Waals surface area contributed by atoms with Gasteiger partial charge in [-0.1, -0.05) is 32.0 Å². The molecule has 2 nitrogen and oxygen atoms in total. The van der Waals surface area contributed by atoms with Crippen molar-refractivity contribution in [2.45, 2.75) is 26.7 Å². The molecule has 0 aliphatic heterocycles. The maximum absolute atomic E-state index is 5.96. The number of rotatable bonds is 2. The second-order valence-electron chi connectivity index (χ2n) is 3.68. The Morgan fingerprint density at radius 1 is 1.07 bits per heavy atom. The number of fused-ring (bicyclic) bond motifs is 1. The summed E-state index contributed by atoms with van der Waals surface area (Å²) in [4.78, 5) is 4.43. The fourth-order valence-electron chi connectivity index (χ4n) is 2.14. The molecule has 0 atom stereocenters. The Hall–Kier alpha value is -1.57. The highest BCUT2D eigenvalue weighted by Crippen LogP contribution is 2.25. The summed E-state index contributed by atoms with van der Waals surface area (Å²) in [5.74, 6) is 0.688. The van der Waals surface area contributed by atoms with Crippen LogP contribution in [0, 0.1) is 0 Å². The minimum absolute atomic E-state index is 0.688. The Bertz CT molecular complexity index is 489. The van der Waals surface area contributed by atoms with E-state index in [1.165, 1.54) is 16.5 Å². The van der Waals surface area contributed by atoms with Crippen LogP contribution in [0.3, 0.4) is 0 Å². The van der Waals surface area contributed by atoms with Crippen LogP contribution in [-0.2, 0) is 12.8 Å². The molecule has 1 aromatic carbocycles. The third kappa shape index (κ3) is 1.56. The van der Waals surface area contributed by atoms with E-state index in [1.54, 1.807) is 0 Å². The van der Waals surface area contributed by atoms with Crippen molar-refractivity contribution in [1.29, 1.82) is 0 Å². The number of benzene rings is 1. The zero-order valence-corrected chi connectivity index (χ0v) is 9.25. The summed E-state index contributed by atoms with van der Waals surface area (Å²) in [6.45, 7) is 4.29. The van der Waals surface area contributed by atoms with Crippen molar-refractivity contribution >= 4 is 16.7 Å². The van der Waals surface area contributed by atoms with Crippen molar-refractivity contribution in [2.75, 3.05) is 5.73 Å². The second kappa shape index (κ2) is 3.89. The van der Waals surface area contributed by atoms with Gasteiger partial charge in [0.25, 0.3) is 0 Å². The van der Waals surface area contributed by atoms with Crippen LogP contribution in [0.2, 0.25) is 0 Å². The highest BCUT2D eigenvalue weighted by atomic mass is 14.8. The number of para-hydroxylation sites is 1. The van der Waals surface area contributed by atoms with Gasteiger partial charge >= 0.3 is 0 Å². The van der Waals surface area contributed by atoms with Crippen LogP contribution < -0.4 is 5.73 Å². The highest BCUT2D eigenvalue weighted by Gasteiger charge is 2.09. The molecule has 0 saturated heterocycles. The van der Waals surface area contributed by atoms with Crippen LogP contribution in [0.15, 0.2) is 24.3 Å². The molecule has 0 unspecified atom stereocenters. The monoisotopic (exact) mass is 200 g/mol. The highest BCUT2D eigenvalue weighted by molar-refractivity contribution is 5.85. The molecule has 78 valence electrons. The van der Waals surface area contributed by atoms with Gasteiger partial charge in [-0.05, 0) is 30.0 Å². The average molecular weight is 200 g/mol. The molecular formula is C13H16N2. The van der Waals surface area contributed by atoms with Gasteiger partial charge in [0, 0.05) is 5.39 Å². The molecule has 0 bridgehead atoms. The summed E-state index contributed by atoms with van der Waals surface area (Å²) in [6.07, 6.45) is 1.96. The van der Waals surface area contributed by atoms with E-state index in [2.05, 4.69) is 31.0 Å². The Morgan fingerprint density at radius 2 is 1.73 bits per heavy atom. The summed E-state index contributed by atoms with van der Waals surface area (Å²) >= 11 is 0. The van der Waals surface area contributed by atoms with E-state index in [1.807, 2.05) is 12.1 Å². The fourth-order valence-corrected chi connectivity index (χ4v) is 2.14. The van der Waals surface area contributed by atoms with Gasteiger partial charge in [-0.25, -0.2) is 4.98 Å². The molecule has 0 radical (unpaired) electrons. The molecule has 0 saturated carbocycles. The number of anilines is 1. The molecule has 0 spiro atoms. The molecular weight excluding hydrogens is 184 g/mol. The predicted octanol–water partition coefficient (Wildman–Crippen LogP) is 2.94. The second-order valence-corrected chi connectivity index (χ2v) is 3.68. The molecule has 15 heavy (non-hydrogen) atoms. The van der Waals surface area contributed by atoms with Crippen LogP contribution in [0.4, 0.5) is 5.82 Å². The molecule has 2 N–H and O–H groups in total. The van der Waals surface area contributed by atoms with E-state index in [0.717, 1.165) is 18.4 Å². The smallest absolute Gasteiger partial charge is 0.127 e. The molecule has 2 rings (SSSR count). The van der Waals surface area contributed by atoms with Crippen LogP contribution in [0.1, 0.15) is 25.0 Å². The van der Waals surface area contributed by atoms with Crippen molar-refractivity contribution in [3.63, 3.8) is 0 Å². The van der Waals surface area contributed by atoms with Crippen molar-refractivity contribution in [3.8, 4) is 0 Å². The number of nitrogens with zero attached hydrogens (tertiary/aromatic N) is 1. The number of aryl methyl sites for hydroxylation is 1. The lowest BCUT2D eigenvalue weighted by Gasteiger charge is -2.12. The Balaban J connectivity index is 2.84. The van der Waals surface area contributed by atoms with Crippen LogP contribution in [0.25, 0.3) is 10.9 Å². The zero-order chi connectivity index (χ0) is 10.8. The van der Waals surface area contributed by atoms with Gasteiger partial charge in [-0.3, -0.25) is 0 Å². The predicted molar refractivity (Wildman–Crippen MR) is 64.9 cm³/mol. The van der Waals surface area contributed by atoms with Crippen molar-refractivity contribution in [1.82, 2.24) is 4.98 Å². The Morgan fingerprint density at radius 3 is 2.40 bits per heavy atom. The van der Waals surface area contributed by atoms with Gasteiger partial charge in [0.05, 0.1) is 5.52 Å². The third-order valence-electron chi connectivity index (χ3n) is 2.85. The van der Waals surface area contributed by atoms with E-state index in [-0.39, 0.29) is 0 Å². The number of aromatic nitrogens is 1. The normalized spacial score (nSPS) is 10.8. The summed E-state index contributed by atoms with van der Waals surface area (Å²) in [5.41, 5.74) is 9.52. The molecule has 1 aromatic heterocycles. The number of hydrogen-bond acceptors (Lipinski definition) is 2. The van der Waals surface area contributed by atoms with Gasteiger partial charge in [-0.2, -0.15) is 0 Å². The maximum atomic E-state index is 5.96. The first-order valence-electron chi connectivity index (χ1n) is 5.43. The molecule has 0 aliphatic carbocycles. The van der Waals surface area contributed by atoms with Crippen molar-refractivity contribution in [3.05, 3.63) is 35.4 Å². The lowest BCUT2D eigenvalue weighted by atomic mass is 9.99. The summed E-state index contributed by atoms with van der Waals surface area (Å²) < 4.78 is 0. The van der Waals surface area contributed by atoms with E-state index in [4.69, 9.17) is 5.73 Å². The molecule has 0 aliphatic rings. The number of hydrogen-bond donors (Lipinski definition) is 1. The topological polar surface area (TPSA) is 38.9 Å². The lowest BCUT2D eigenvalue weighted by molar-refractivity contribution is 1.04. The van der Waals surface area contributed by atoms with Crippen molar-refractivity contribution in [2.24, 2.45) is 0 Å². The number of nitrogens with two attached hydrogens (primary N) is 1. The average Bonchev–Trinajstić information content (AvgIpc) is 2.27. The van der Waals surface area contributed by atoms with Gasteiger partial charge in [0.1, 0.15) is 5.82 Å². The quantitative estimate of drug-likeness (QED) is 0.809. The Labute approximate surface area is 90.1 Å². The summed E-state index contributed by atoms with van der Waals surface area (Å²) in [7, 11) is 0. The molecule has 0 amide bonds. The van der Waals surface area contributed by atoms with E-state index in [0.29, 0.717) is 5.82 Å². The first-order valence-corrected chi connectivity index (χ1v) is 5.43. The van der Waals surface area contributed by atoms with E-state index >= 15 is 0 Å². The zero-order valence-electron chi connectivity index (χ0n) is 9.25. The minimum atomic E-state index is 0.688. The van der Waals surface area contributed by atoms with Gasteiger partial charge in [0.15, 0.2) is 0 Å². The molecule has 2 aromatic rings. The first-order chi connectivity index (χ1) is 7.27. The number of pyridine rings is 1. The minimum Gasteiger partial charge on any atom is -0.383 e. The standard InChI is InChI=1S/C13H16N2/c1-3-9-10(4-2)13(14)15-12-8-6-5-7-11(9)12/h5-8H,3-4H2,1-2H3,(H2,14,15). The lowest BCUT2D eigenvalue weighted by Crippen LogP contribution is -2.02. The van der Waals surface area contributed by atoms with Crippen molar-refractivity contribution < 1.29 is 0 Å². The van der Waals surface area contributed by atoms with Gasteiger partial charge in [0.2, 0.25) is 0 Å². The van der Waals surface area contributed by atoms with Gasteiger partial charge < -0.3 is 5.73 Å². The maximum Gasteiger partial charge on any atom is 0.127 e. The van der Waals surface area contributed by atoms with Crippen LogP contribution in [-0.4, -0.2) is 4.98 Å².